The Balaban J connectivity index is 0.000000292. The van der Waals surface area contributed by atoms with Gasteiger partial charge in [0.25, 0.3) is 0 Å². The molecule has 1 aromatic rings. The summed E-state index contributed by atoms with van der Waals surface area (Å²) >= 11 is 0. The first kappa shape index (κ1) is 9.16. The highest BCUT2D eigenvalue weighted by Gasteiger charge is 1.76. The van der Waals surface area contributed by atoms with Crippen molar-refractivity contribution in [2.45, 2.75) is 0 Å². The molecule has 2 heteroatoms. The molecule has 1 aromatic carbocycles. The Morgan fingerprint density at radius 3 is 2.00 bits per heavy atom. The van der Waals surface area contributed by atoms with Crippen molar-refractivity contribution in [1.82, 2.24) is 0 Å². The second kappa shape index (κ2) is 6.28. The molecule has 0 atom stereocenters. The van der Waals surface area contributed by atoms with Gasteiger partial charge in [0.1, 0.15) is 0 Å². The fourth-order valence-corrected chi connectivity index (χ4v) is 0.534. The zero-order chi connectivity index (χ0) is 8.53. The Bertz CT molecular complexity index is 265. The van der Waals surface area contributed by atoms with Crippen LogP contribution in [0, 0.1) is 17.8 Å². The van der Waals surface area contributed by atoms with Crippen molar-refractivity contribution in [2.75, 3.05) is 0 Å². The van der Waals surface area contributed by atoms with E-state index in [1.165, 1.54) is 0 Å². The van der Waals surface area contributed by atoms with Crippen LogP contribution in [-0.2, 0) is 4.79 Å². The number of isocyanates is 1. The minimum atomic E-state index is 0.750. The molecule has 2 nitrogen and oxygen atoms in total. The van der Waals surface area contributed by atoms with Crippen molar-refractivity contribution >= 4 is 6.08 Å². The molecule has 0 saturated carbocycles. The minimum absolute atomic E-state index is 0.750. The number of carbonyl (C=O) groups excluding carboxylic acids is 1. The standard InChI is InChI=1S/C8H6.CHNO/c1-2-8-6-4-3-5-7-8;2-1-3/h1,3-7H;2H. The number of nitrogens with one attached hydrogen (secondary N) is 1. The number of rotatable bonds is 0. The maximum atomic E-state index is 8.35. The Morgan fingerprint density at radius 1 is 1.27 bits per heavy atom. The van der Waals surface area contributed by atoms with E-state index in [1.807, 2.05) is 30.3 Å². The third-order valence-electron chi connectivity index (χ3n) is 0.940. The number of benzene rings is 1. The van der Waals surface area contributed by atoms with Gasteiger partial charge in [0.15, 0.2) is 0 Å². The van der Waals surface area contributed by atoms with Crippen LogP contribution in [0.5, 0.6) is 0 Å². The summed E-state index contributed by atoms with van der Waals surface area (Å²) in [5.41, 5.74) is 0.938. The monoisotopic (exact) mass is 145 g/mol. The molecule has 0 aliphatic rings. The molecule has 0 bridgehead atoms. The van der Waals surface area contributed by atoms with E-state index < -0.39 is 0 Å². The van der Waals surface area contributed by atoms with Gasteiger partial charge < -0.3 is 0 Å². The molecule has 0 unspecified atom stereocenters. The third kappa shape index (κ3) is 4.65. The zero-order valence-corrected chi connectivity index (χ0v) is 5.87. The van der Waals surface area contributed by atoms with Gasteiger partial charge in [-0.15, -0.1) is 6.42 Å². The van der Waals surface area contributed by atoms with Crippen LogP contribution >= 0.6 is 0 Å². The van der Waals surface area contributed by atoms with Crippen molar-refractivity contribution in [1.29, 1.82) is 5.41 Å². The number of hydrogen-bond acceptors (Lipinski definition) is 2. The van der Waals surface area contributed by atoms with Crippen molar-refractivity contribution in [3.63, 3.8) is 0 Å². The molecular formula is C9H7NO. The predicted molar refractivity (Wildman–Crippen MR) is 42.8 cm³/mol. The quantitative estimate of drug-likeness (QED) is 0.336. The summed E-state index contributed by atoms with van der Waals surface area (Å²) in [7, 11) is 0. The van der Waals surface area contributed by atoms with E-state index in [4.69, 9.17) is 16.6 Å². The second-order valence-corrected chi connectivity index (χ2v) is 1.61. The van der Waals surface area contributed by atoms with Crippen LogP contribution in [-0.4, -0.2) is 6.08 Å². The van der Waals surface area contributed by atoms with Crippen molar-refractivity contribution in [2.24, 2.45) is 0 Å². The van der Waals surface area contributed by atoms with Crippen LogP contribution in [0.15, 0.2) is 30.3 Å². The molecule has 0 aliphatic heterocycles. The molecular weight excluding hydrogens is 138 g/mol. The van der Waals surface area contributed by atoms with E-state index in [-0.39, 0.29) is 0 Å². The van der Waals surface area contributed by atoms with Crippen LogP contribution in [0.25, 0.3) is 0 Å². The minimum Gasteiger partial charge on any atom is -0.222 e. The van der Waals surface area contributed by atoms with Crippen molar-refractivity contribution in [3.05, 3.63) is 35.9 Å². The Hall–Kier alpha value is -1.84. The molecule has 1 rings (SSSR count). The summed E-state index contributed by atoms with van der Waals surface area (Å²) in [6.45, 7) is 0. The number of terminal acetylenes is 1. The van der Waals surface area contributed by atoms with Gasteiger partial charge in [-0.05, 0) is 12.1 Å². The highest BCUT2D eigenvalue weighted by atomic mass is 16.1. The highest BCUT2D eigenvalue weighted by molar-refractivity contribution is 5.30. The molecule has 11 heavy (non-hydrogen) atoms. The van der Waals surface area contributed by atoms with Crippen LogP contribution < -0.4 is 0 Å². The molecule has 54 valence electrons. The largest absolute Gasteiger partial charge is 0.231 e. The zero-order valence-electron chi connectivity index (χ0n) is 5.87. The highest BCUT2D eigenvalue weighted by Crippen LogP contribution is 1.92. The summed E-state index contributed by atoms with van der Waals surface area (Å²) in [4.78, 5) is 8.35. The fraction of sp³-hybridized carbons (Fsp3) is 0. The lowest BCUT2D eigenvalue weighted by atomic mass is 10.2. The smallest absolute Gasteiger partial charge is 0.222 e. The normalized spacial score (nSPS) is 6.45. The van der Waals surface area contributed by atoms with Crippen molar-refractivity contribution in [3.8, 4) is 12.3 Å². The van der Waals surface area contributed by atoms with E-state index in [1.54, 1.807) is 0 Å². The Morgan fingerprint density at radius 2 is 1.73 bits per heavy atom. The first-order valence-electron chi connectivity index (χ1n) is 2.90. The van der Waals surface area contributed by atoms with Crippen molar-refractivity contribution < 1.29 is 4.79 Å². The van der Waals surface area contributed by atoms with Gasteiger partial charge in [-0.3, -0.25) is 0 Å². The molecule has 0 fully saturated rings. The van der Waals surface area contributed by atoms with Crippen LogP contribution in [0.2, 0.25) is 0 Å². The average molecular weight is 145 g/mol. The second-order valence-electron chi connectivity index (χ2n) is 1.61. The molecule has 0 heterocycles. The maximum Gasteiger partial charge on any atom is 0.231 e. The van der Waals surface area contributed by atoms with Gasteiger partial charge in [-0.2, -0.15) is 0 Å². The van der Waals surface area contributed by atoms with Crippen LogP contribution in [0.3, 0.4) is 0 Å². The lowest BCUT2D eigenvalue weighted by Crippen LogP contribution is -1.66. The van der Waals surface area contributed by atoms with Crippen LogP contribution in [0.1, 0.15) is 5.56 Å². The summed E-state index contributed by atoms with van der Waals surface area (Å²) < 4.78 is 0. The lowest BCUT2D eigenvalue weighted by molar-refractivity contribution is 0.563. The van der Waals surface area contributed by atoms with Gasteiger partial charge >= 0.3 is 0 Å². The van der Waals surface area contributed by atoms with Gasteiger partial charge in [-0.1, -0.05) is 24.1 Å². The summed E-state index contributed by atoms with van der Waals surface area (Å²) in [5.74, 6) is 2.53. The molecule has 0 spiro atoms. The van der Waals surface area contributed by atoms with Gasteiger partial charge in [0.2, 0.25) is 6.08 Å². The SMILES string of the molecule is C#Cc1ccccc1.N=C=O. The number of hydrogen-bond donors (Lipinski definition) is 1. The first-order chi connectivity index (χ1) is 5.35. The average Bonchev–Trinajstić information content (AvgIpc) is 2.08. The van der Waals surface area contributed by atoms with E-state index >= 15 is 0 Å². The van der Waals surface area contributed by atoms with E-state index in [9.17, 15) is 0 Å². The summed E-state index contributed by atoms with van der Waals surface area (Å²) in [5, 5.41) is 5.40. The van der Waals surface area contributed by atoms with E-state index in [0.717, 1.165) is 11.6 Å². The topological polar surface area (TPSA) is 40.9 Å². The Kier molecular flexibility index (Phi) is 5.23. The fourth-order valence-electron chi connectivity index (χ4n) is 0.534. The maximum absolute atomic E-state index is 8.35. The van der Waals surface area contributed by atoms with E-state index in [0.29, 0.717) is 0 Å². The molecule has 0 aromatic heterocycles. The summed E-state index contributed by atoms with van der Waals surface area (Å²) in [6, 6.07) is 9.60. The lowest BCUT2D eigenvalue weighted by Gasteiger charge is -1.82. The van der Waals surface area contributed by atoms with E-state index in [2.05, 4.69) is 5.92 Å². The molecule has 0 amide bonds. The van der Waals surface area contributed by atoms with Gasteiger partial charge in [-0.25, -0.2) is 10.2 Å². The molecule has 1 N–H and O–H groups in total. The van der Waals surface area contributed by atoms with Crippen LogP contribution in [0.4, 0.5) is 0 Å². The first-order valence-corrected chi connectivity index (χ1v) is 2.90. The Labute approximate surface area is 65.4 Å². The molecule has 0 aliphatic carbocycles. The molecule has 0 radical (unpaired) electrons. The molecule has 0 saturated heterocycles. The van der Waals surface area contributed by atoms with Gasteiger partial charge in [0, 0.05) is 5.56 Å². The third-order valence-corrected chi connectivity index (χ3v) is 0.940. The predicted octanol–water partition coefficient (Wildman–Crippen LogP) is 1.57. The van der Waals surface area contributed by atoms with Gasteiger partial charge in [0.05, 0.1) is 0 Å². The summed E-state index contributed by atoms with van der Waals surface area (Å²) in [6.07, 6.45) is 5.85.